The van der Waals surface area contributed by atoms with Crippen molar-refractivity contribution in [2.45, 2.75) is 6.92 Å². The highest BCUT2D eigenvalue weighted by Crippen LogP contribution is 2.32. The number of hydrogen-bond acceptors (Lipinski definition) is 1. The van der Waals surface area contributed by atoms with Crippen LogP contribution in [0, 0.1) is 6.92 Å². The van der Waals surface area contributed by atoms with E-state index in [1.807, 2.05) is 37.3 Å². The van der Waals surface area contributed by atoms with E-state index >= 15 is 0 Å². The second-order valence-corrected chi connectivity index (χ2v) is 5.00. The first-order valence-electron chi connectivity index (χ1n) is 5.80. The molecular formula is C16H12Cl2O. The van der Waals surface area contributed by atoms with Gasteiger partial charge in [-0.05, 0) is 41.8 Å². The predicted octanol–water partition coefficient (Wildman–Crippen LogP) is 4.93. The summed E-state index contributed by atoms with van der Waals surface area (Å²) in [5.41, 5.74) is 3.67. The molecule has 0 heterocycles. The maximum atomic E-state index is 10.9. The van der Waals surface area contributed by atoms with Crippen LogP contribution >= 0.6 is 23.2 Å². The average Bonchev–Trinajstić information content (AvgIpc) is 2.38. The highest BCUT2D eigenvalue weighted by Gasteiger charge is 2.11. The van der Waals surface area contributed by atoms with E-state index < -0.39 is 0 Å². The molecule has 2 aromatic carbocycles. The van der Waals surface area contributed by atoms with E-state index in [2.05, 4.69) is 0 Å². The normalized spacial score (nSPS) is 11.4. The van der Waals surface area contributed by atoms with Crippen molar-refractivity contribution in [1.82, 2.24) is 0 Å². The summed E-state index contributed by atoms with van der Waals surface area (Å²) in [6.07, 6.45) is 2.30. The van der Waals surface area contributed by atoms with Crippen molar-refractivity contribution in [3.63, 3.8) is 0 Å². The standard InChI is InChI=1S/C16H12Cl2O/c1-11-4-2-3-5-13(11)14(8-9-19)15-7-6-12(17)10-16(15)18/h2-10H,1H3. The van der Waals surface area contributed by atoms with Crippen molar-refractivity contribution >= 4 is 35.1 Å². The number of hydrogen-bond donors (Lipinski definition) is 0. The Morgan fingerprint density at radius 3 is 2.42 bits per heavy atom. The van der Waals surface area contributed by atoms with Crippen LogP contribution in [0.15, 0.2) is 48.5 Å². The molecule has 0 radical (unpaired) electrons. The molecule has 2 aromatic rings. The molecule has 0 aliphatic rings. The number of aldehydes is 1. The van der Waals surface area contributed by atoms with Crippen LogP contribution in [-0.2, 0) is 4.79 Å². The molecule has 96 valence electrons. The van der Waals surface area contributed by atoms with Crippen molar-refractivity contribution in [2.75, 3.05) is 0 Å². The smallest absolute Gasteiger partial charge is 0.143 e. The summed E-state index contributed by atoms with van der Waals surface area (Å²) in [6, 6.07) is 13.1. The van der Waals surface area contributed by atoms with Crippen molar-refractivity contribution in [1.29, 1.82) is 0 Å². The first kappa shape index (κ1) is 13.9. The Labute approximate surface area is 122 Å². The molecule has 0 unspecified atom stereocenters. The molecule has 0 spiro atoms. The van der Waals surface area contributed by atoms with Crippen molar-refractivity contribution < 1.29 is 4.79 Å². The monoisotopic (exact) mass is 290 g/mol. The largest absolute Gasteiger partial charge is 0.299 e. The molecule has 1 nitrogen and oxygen atoms in total. The second-order valence-electron chi connectivity index (χ2n) is 4.16. The molecule has 0 fully saturated rings. The summed E-state index contributed by atoms with van der Waals surface area (Å²) >= 11 is 12.1. The summed E-state index contributed by atoms with van der Waals surface area (Å²) in [5.74, 6) is 0. The van der Waals surface area contributed by atoms with Crippen LogP contribution in [0.1, 0.15) is 16.7 Å². The number of halogens is 2. The van der Waals surface area contributed by atoms with Crippen LogP contribution in [0.25, 0.3) is 5.57 Å². The minimum atomic E-state index is 0.531. The third-order valence-electron chi connectivity index (χ3n) is 2.89. The second kappa shape index (κ2) is 6.05. The topological polar surface area (TPSA) is 17.1 Å². The lowest BCUT2D eigenvalue weighted by atomic mass is 9.94. The lowest BCUT2D eigenvalue weighted by Gasteiger charge is -2.12. The Morgan fingerprint density at radius 2 is 1.79 bits per heavy atom. The summed E-state index contributed by atoms with van der Waals surface area (Å²) in [6.45, 7) is 2.00. The van der Waals surface area contributed by atoms with Gasteiger partial charge in [0.15, 0.2) is 0 Å². The van der Waals surface area contributed by atoms with Crippen molar-refractivity contribution in [3.8, 4) is 0 Å². The van der Waals surface area contributed by atoms with E-state index in [0.29, 0.717) is 10.0 Å². The van der Waals surface area contributed by atoms with Gasteiger partial charge in [-0.15, -0.1) is 0 Å². The Hall–Kier alpha value is -1.57. The zero-order chi connectivity index (χ0) is 13.8. The highest BCUT2D eigenvalue weighted by molar-refractivity contribution is 6.36. The lowest BCUT2D eigenvalue weighted by molar-refractivity contribution is -0.104. The molecule has 0 aliphatic carbocycles. The van der Waals surface area contributed by atoms with Gasteiger partial charge in [0.1, 0.15) is 6.29 Å². The number of rotatable bonds is 3. The molecule has 0 saturated carbocycles. The zero-order valence-electron chi connectivity index (χ0n) is 10.4. The number of carbonyl (C=O) groups excluding carboxylic acids is 1. The molecule has 2 rings (SSSR count). The summed E-state index contributed by atoms with van der Waals surface area (Å²) in [5, 5.41) is 1.10. The molecule has 0 bridgehead atoms. The van der Waals surface area contributed by atoms with E-state index in [-0.39, 0.29) is 0 Å². The number of aryl methyl sites for hydroxylation is 1. The van der Waals surface area contributed by atoms with Gasteiger partial charge in [-0.3, -0.25) is 4.79 Å². The van der Waals surface area contributed by atoms with E-state index in [1.165, 1.54) is 6.08 Å². The van der Waals surface area contributed by atoms with Gasteiger partial charge in [-0.1, -0.05) is 53.5 Å². The number of carbonyl (C=O) groups is 1. The van der Waals surface area contributed by atoms with Gasteiger partial charge in [-0.2, -0.15) is 0 Å². The molecule has 0 atom stereocenters. The van der Waals surface area contributed by atoms with Gasteiger partial charge >= 0.3 is 0 Å². The molecular weight excluding hydrogens is 279 g/mol. The van der Waals surface area contributed by atoms with E-state index in [1.54, 1.807) is 12.1 Å². The van der Waals surface area contributed by atoms with Gasteiger partial charge < -0.3 is 0 Å². The minimum absolute atomic E-state index is 0.531. The van der Waals surface area contributed by atoms with Crippen LogP contribution in [-0.4, -0.2) is 6.29 Å². The third-order valence-corrected chi connectivity index (χ3v) is 3.44. The summed E-state index contributed by atoms with van der Waals surface area (Å²) < 4.78 is 0. The number of allylic oxidation sites excluding steroid dienone is 1. The van der Waals surface area contributed by atoms with Crippen LogP contribution in [0.5, 0.6) is 0 Å². The molecule has 19 heavy (non-hydrogen) atoms. The Bertz CT molecular complexity index is 645. The van der Waals surface area contributed by atoms with Crippen molar-refractivity contribution in [2.24, 2.45) is 0 Å². The molecule has 0 aromatic heterocycles. The fourth-order valence-corrected chi connectivity index (χ4v) is 2.49. The predicted molar refractivity (Wildman–Crippen MR) is 80.8 cm³/mol. The third kappa shape index (κ3) is 3.06. The number of benzene rings is 2. The maximum Gasteiger partial charge on any atom is 0.143 e. The quantitative estimate of drug-likeness (QED) is 0.578. The zero-order valence-corrected chi connectivity index (χ0v) is 11.9. The summed E-state index contributed by atoms with van der Waals surface area (Å²) in [7, 11) is 0. The van der Waals surface area contributed by atoms with Crippen LogP contribution in [0.2, 0.25) is 10.0 Å². The maximum absolute atomic E-state index is 10.9. The minimum Gasteiger partial charge on any atom is -0.299 e. The molecule has 0 amide bonds. The fraction of sp³-hybridized carbons (Fsp3) is 0.0625. The van der Waals surface area contributed by atoms with Crippen LogP contribution in [0.3, 0.4) is 0 Å². The molecule has 0 aliphatic heterocycles. The van der Waals surface area contributed by atoms with Crippen LogP contribution in [0.4, 0.5) is 0 Å². The van der Waals surface area contributed by atoms with Gasteiger partial charge in [-0.25, -0.2) is 0 Å². The van der Waals surface area contributed by atoms with Gasteiger partial charge in [0.2, 0.25) is 0 Å². The average molecular weight is 291 g/mol. The Morgan fingerprint density at radius 1 is 1.05 bits per heavy atom. The van der Waals surface area contributed by atoms with Gasteiger partial charge in [0.05, 0.1) is 0 Å². The van der Waals surface area contributed by atoms with E-state index in [4.69, 9.17) is 23.2 Å². The molecule has 0 N–H and O–H groups in total. The first-order chi connectivity index (χ1) is 9.13. The summed E-state index contributed by atoms with van der Waals surface area (Å²) in [4.78, 5) is 10.9. The Balaban J connectivity index is 2.62. The first-order valence-corrected chi connectivity index (χ1v) is 6.56. The van der Waals surface area contributed by atoms with Crippen molar-refractivity contribution in [3.05, 3.63) is 75.3 Å². The Kier molecular flexibility index (Phi) is 4.41. The lowest BCUT2D eigenvalue weighted by Crippen LogP contribution is -1.93. The van der Waals surface area contributed by atoms with Gasteiger partial charge in [0.25, 0.3) is 0 Å². The van der Waals surface area contributed by atoms with E-state index in [9.17, 15) is 4.79 Å². The fourth-order valence-electron chi connectivity index (χ4n) is 1.98. The van der Waals surface area contributed by atoms with Crippen LogP contribution < -0.4 is 0 Å². The highest BCUT2D eigenvalue weighted by atomic mass is 35.5. The van der Waals surface area contributed by atoms with Gasteiger partial charge in [0, 0.05) is 15.6 Å². The molecule has 3 heteroatoms. The SMILES string of the molecule is Cc1ccccc1C(=CC=O)c1ccc(Cl)cc1Cl. The van der Waals surface area contributed by atoms with E-state index in [0.717, 1.165) is 28.5 Å². The molecule has 0 saturated heterocycles.